The minimum atomic E-state index is -0.510. The SMILES string of the molecule is CC(C)(C)OC(=O)NCc1cc(N)ccc1Cl. The van der Waals surface area contributed by atoms with Crippen molar-refractivity contribution in [1.29, 1.82) is 0 Å². The molecule has 0 radical (unpaired) electrons. The smallest absolute Gasteiger partial charge is 0.407 e. The number of carbonyl (C=O) groups excluding carboxylic acids is 1. The lowest BCUT2D eigenvalue weighted by molar-refractivity contribution is 0.0523. The van der Waals surface area contributed by atoms with Crippen LogP contribution in [0.25, 0.3) is 0 Å². The summed E-state index contributed by atoms with van der Waals surface area (Å²) in [7, 11) is 0. The van der Waals surface area contributed by atoms with E-state index in [4.69, 9.17) is 22.1 Å². The number of nitrogen functional groups attached to an aromatic ring is 1. The van der Waals surface area contributed by atoms with Crippen LogP contribution in [0.1, 0.15) is 26.3 Å². The van der Waals surface area contributed by atoms with Gasteiger partial charge in [-0.2, -0.15) is 0 Å². The second-order valence-corrected chi connectivity index (χ2v) is 5.11. The first-order valence-corrected chi connectivity index (χ1v) is 5.66. The summed E-state index contributed by atoms with van der Waals surface area (Å²) in [5, 5.41) is 3.19. The Labute approximate surface area is 106 Å². The quantitative estimate of drug-likeness (QED) is 0.800. The van der Waals surface area contributed by atoms with Gasteiger partial charge in [0.25, 0.3) is 0 Å². The molecule has 1 rings (SSSR count). The third-order valence-corrected chi connectivity index (χ3v) is 2.26. The molecule has 0 fully saturated rings. The highest BCUT2D eigenvalue weighted by Crippen LogP contribution is 2.18. The molecule has 5 heteroatoms. The van der Waals surface area contributed by atoms with Gasteiger partial charge in [-0.3, -0.25) is 0 Å². The van der Waals surface area contributed by atoms with Crippen LogP contribution in [-0.2, 0) is 11.3 Å². The summed E-state index contributed by atoms with van der Waals surface area (Å²) in [5.74, 6) is 0. The molecule has 0 unspecified atom stereocenters. The fourth-order valence-corrected chi connectivity index (χ4v) is 1.40. The highest BCUT2D eigenvalue weighted by atomic mass is 35.5. The molecule has 0 bridgehead atoms. The van der Waals surface area contributed by atoms with Crippen molar-refractivity contribution in [2.75, 3.05) is 5.73 Å². The number of halogens is 1. The summed E-state index contributed by atoms with van der Waals surface area (Å²) in [6.45, 7) is 5.71. The number of nitrogens with one attached hydrogen (secondary N) is 1. The molecule has 1 aromatic rings. The number of ether oxygens (including phenoxy) is 1. The average Bonchev–Trinajstić information content (AvgIpc) is 2.17. The molecule has 0 saturated heterocycles. The number of carbonyl (C=O) groups is 1. The Hall–Kier alpha value is -1.42. The van der Waals surface area contributed by atoms with Gasteiger partial charge in [-0.15, -0.1) is 0 Å². The van der Waals surface area contributed by atoms with Gasteiger partial charge in [0.2, 0.25) is 0 Å². The number of benzene rings is 1. The molecule has 94 valence electrons. The number of nitrogens with two attached hydrogens (primary N) is 1. The fourth-order valence-electron chi connectivity index (χ4n) is 1.21. The van der Waals surface area contributed by atoms with E-state index in [-0.39, 0.29) is 0 Å². The number of anilines is 1. The van der Waals surface area contributed by atoms with E-state index >= 15 is 0 Å². The standard InChI is InChI=1S/C12H17ClN2O2/c1-12(2,3)17-11(16)15-7-8-6-9(14)4-5-10(8)13/h4-6H,7,14H2,1-3H3,(H,15,16). The van der Waals surface area contributed by atoms with E-state index in [1.165, 1.54) is 0 Å². The summed E-state index contributed by atoms with van der Waals surface area (Å²) in [6, 6.07) is 5.13. The maximum atomic E-state index is 11.4. The molecule has 0 spiro atoms. The zero-order valence-electron chi connectivity index (χ0n) is 10.2. The molecule has 17 heavy (non-hydrogen) atoms. The Kier molecular flexibility index (Phi) is 4.23. The van der Waals surface area contributed by atoms with Crippen molar-refractivity contribution in [2.45, 2.75) is 32.9 Å². The van der Waals surface area contributed by atoms with Gasteiger partial charge in [0.1, 0.15) is 5.60 Å². The maximum absolute atomic E-state index is 11.4. The van der Waals surface area contributed by atoms with Crippen LogP contribution in [0.2, 0.25) is 5.02 Å². The van der Waals surface area contributed by atoms with Gasteiger partial charge in [-0.1, -0.05) is 11.6 Å². The Bertz CT molecular complexity index is 413. The Morgan fingerprint density at radius 2 is 2.12 bits per heavy atom. The summed E-state index contributed by atoms with van der Waals surface area (Å²) in [6.07, 6.45) is -0.476. The van der Waals surface area contributed by atoms with Crippen molar-refractivity contribution in [2.24, 2.45) is 0 Å². The zero-order valence-corrected chi connectivity index (χ0v) is 11.0. The summed E-state index contributed by atoms with van der Waals surface area (Å²) >= 11 is 5.97. The second-order valence-electron chi connectivity index (χ2n) is 4.71. The minimum Gasteiger partial charge on any atom is -0.444 e. The van der Waals surface area contributed by atoms with Gasteiger partial charge in [0.15, 0.2) is 0 Å². The summed E-state index contributed by atoms with van der Waals surface area (Å²) in [5.41, 5.74) is 6.49. The van der Waals surface area contributed by atoms with E-state index in [0.29, 0.717) is 17.3 Å². The number of rotatable bonds is 2. The third kappa shape index (κ3) is 4.95. The van der Waals surface area contributed by atoms with Crippen LogP contribution in [0.4, 0.5) is 10.5 Å². The predicted molar refractivity (Wildman–Crippen MR) is 68.9 cm³/mol. The van der Waals surface area contributed by atoms with E-state index in [0.717, 1.165) is 5.56 Å². The van der Waals surface area contributed by atoms with Gasteiger partial charge < -0.3 is 15.8 Å². The minimum absolute atomic E-state index is 0.290. The van der Waals surface area contributed by atoms with Crippen LogP contribution in [0, 0.1) is 0 Å². The maximum Gasteiger partial charge on any atom is 0.407 e. The fraction of sp³-hybridized carbons (Fsp3) is 0.417. The third-order valence-electron chi connectivity index (χ3n) is 1.89. The van der Waals surface area contributed by atoms with Gasteiger partial charge in [-0.05, 0) is 44.5 Å². The lowest BCUT2D eigenvalue weighted by atomic mass is 10.2. The molecule has 1 amide bonds. The first-order chi connectivity index (χ1) is 7.78. The molecule has 4 nitrogen and oxygen atoms in total. The number of amides is 1. The molecule has 3 N–H and O–H groups in total. The zero-order chi connectivity index (χ0) is 13.1. The monoisotopic (exact) mass is 256 g/mol. The highest BCUT2D eigenvalue weighted by molar-refractivity contribution is 6.31. The highest BCUT2D eigenvalue weighted by Gasteiger charge is 2.15. The molecule has 0 heterocycles. The van der Waals surface area contributed by atoms with Crippen LogP contribution in [0.15, 0.2) is 18.2 Å². The number of alkyl carbamates (subject to hydrolysis) is 1. The number of hydrogen-bond donors (Lipinski definition) is 2. The Morgan fingerprint density at radius 1 is 1.47 bits per heavy atom. The van der Waals surface area contributed by atoms with E-state index in [1.807, 2.05) is 0 Å². The number of hydrogen-bond acceptors (Lipinski definition) is 3. The van der Waals surface area contributed by atoms with Gasteiger partial charge in [0.05, 0.1) is 0 Å². The van der Waals surface area contributed by atoms with E-state index in [2.05, 4.69) is 5.32 Å². The largest absolute Gasteiger partial charge is 0.444 e. The van der Waals surface area contributed by atoms with E-state index in [9.17, 15) is 4.79 Å². The molecule has 1 aromatic carbocycles. The van der Waals surface area contributed by atoms with Crippen LogP contribution >= 0.6 is 11.6 Å². The van der Waals surface area contributed by atoms with Crippen LogP contribution in [0.3, 0.4) is 0 Å². The molecule has 0 aliphatic carbocycles. The normalized spacial score (nSPS) is 11.1. The summed E-state index contributed by atoms with van der Waals surface area (Å²) < 4.78 is 5.11. The van der Waals surface area contributed by atoms with Crippen molar-refractivity contribution in [3.05, 3.63) is 28.8 Å². The topological polar surface area (TPSA) is 64.3 Å². The van der Waals surface area contributed by atoms with Gasteiger partial charge in [-0.25, -0.2) is 4.79 Å². The van der Waals surface area contributed by atoms with Gasteiger partial charge >= 0.3 is 6.09 Å². The molecule has 0 aliphatic rings. The molecule has 0 aromatic heterocycles. The van der Waals surface area contributed by atoms with Crippen molar-refractivity contribution in [1.82, 2.24) is 5.32 Å². The lowest BCUT2D eigenvalue weighted by Crippen LogP contribution is -2.32. The van der Waals surface area contributed by atoms with Crippen molar-refractivity contribution < 1.29 is 9.53 Å². The van der Waals surface area contributed by atoms with Crippen molar-refractivity contribution >= 4 is 23.4 Å². The Balaban J connectivity index is 2.56. The van der Waals surface area contributed by atoms with E-state index < -0.39 is 11.7 Å². The molecule has 0 saturated carbocycles. The lowest BCUT2D eigenvalue weighted by Gasteiger charge is -2.19. The van der Waals surface area contributed by atoms with Crippen LogP contribution < -0.4 is 11.1 Å². The molecular weight excluding hydrogens is 240 g/mol. The summed E-state index contributed by atoms with van der Waals surface area (Å²) in [4.78, 5) is 11.4. The second kappa shape index (κ2) is 5.27. The first-order valence-electron chi connectivity index (χ1n) is 5.29. The predicted octanol–water partition coefficient (Wildman–Crippen LogP) is 2.95. The van der Waals surface area contributed by atoms with Crippen LogP contribution in [0.5, 0.6) is 0 Å². The first kappa shape index (κ1) is 13.6. The van der Waals surface area contributed by atoms with Crippen LogP contribution in [-0.4, -0.2) is 11.7 Å². The van der Waals surface area contributed by atoms with E-state index in [1.54, 1.807) is 39.0 Å². The van der Waals surface area contributed by atoms with Gasteiger partial charge in [0, 0.05) is 17.3 Å². The molecule has 0 aliphatic heterocycles. The molecule has 0 atom stereocenters. The van der Waals surface area contributed by atoms with Crippen molar-refractivity contribution in [3.8, 4) is 0 Å². The molecular formula is C12H17ClN2O2. The average molecular weight is 257 g/mol. The van der Waals surface area contributed by atoms with Crippen molar-refractivity contribution in [3.63, 3.8) is 0 Å². The Morgan fingerprint density at radius 3 is 2.71 bits per heavy atom.